The highest BCUT2D eigenvalue weighted by atomic mass is 35.5. The third kappa shape index (κ3) is 3.32. The molecule has 1 rings (SSSR count). The summed E-state index contributed by atoms with van der Waals surface area (Å²) in [7, 11) is 0. The normalized spacial score (nSPS) is 15.7. The Morgan fingerprint density at radius 1 is 1.24 bits per heavy atom. The van der Waals surface area contributed by atoms with Crippen molar-refractivity contribution in [3.05, 3.63) is 34.3 Å². The SMILES string of the molecule is OCC(O)C(O)c1cc(Cl)ccc1C(F)(F)F. The van der Waals surface area contributed by atoms with E-state index in [1.807, 2.05) is 0 Å². The minimum atomic E-state index is -4.67. The lowest BCUT2D eigenvalue weighted by molar-refractivity contribution is -0.140. The maximum Gasteiger partial charge on any atom is 0.416 e. The first-order chi connectivity index (χ1) is 7.77. The van der Waals surface area contributed by atoms with E-state index in [4.69, 9.17) is 21.8 Å². The predicted molar refractivity (Wildman–Crippen MR) is 54.5 cm³/mol. The van der Waals surface area contributed by atoms with Gasteiger partial charge >= 0.3 is 6.18 Å². The van der Waals surface area contributed by atoms with E-state index in [2.05, 4.69) is 0 Å². The molecule has 3 nitrogen and oxygen atoms in total. The van der Waals surface area contributed by atoms with Gasteiger partial charge in [-0.25, -0.2) is 0 Å². The lowest BCUT2D eigenvalue weighted by Crippen LogP contribution is -2.24. The molecule has 0 heterocycles. The average Bonchev–Trinajstić information content (AvgIpc) is 2.25. The van der Waals surface area contributed by atoms with Gasteiger partial charge in [-0.15, -0.1) is 0 Å². The number of hydrogen-bond donors (Lipinski definition) is 3. The van der Waals surface area contributed by atoms with Crippen molar-refractivity contribution >= 4 is 11.6 Å². The lowest BCUT2D eigenvalue weighted by Gasteiger charge is -2.20. The zero-order valence-electron chi connectivity index (χ0n) is 8.45. The van der Waals surface area contributed by atoms with E-state index >= 15 is 0 Å². The van der Waals surface area contributed by atoms with E-state index in [0.717, 1.165) is 12.1 Å². The first-order valence-electron chi connectivity index (χ1n) is 4.61. The van der Waals surface area contributed by atoms with E-state index < -0.39 is 36.1 Å². The summed E-state index contributed by atoms with van der Waals surface area (Å²) in [6, 6.07) is 2.66. The second kappa shape index (κ2) is 5.22. The Hall–Kier alpha value is -0.820. The molecule has 0 spiro atoms. The molecular weight excluding hydrogens is 261 g/mol. The van der Waals surface area contributed by atoms with Crippen LogP contribution >= 0.6 is 11.6 Å². The second-order valence-electron chi connectivity index (χ2n) is 3.42. The Morgan fingerprint density at radius 2 is 1.82 bits per heavy atom. The molecule has 0 aliphatic heterocycles. The highest BCUT2D eigenvalue weighted by molar-refractivity contribution is 6.30. The van der Waals surface area contributed by atoms with Crippen molar-refractivity contribution in [2.24, 2.45) is 0 Å². The van der Waals surface area contributed by atoms with Crippen molar-refractivity contribution < 1.29 is 28.5 Å². The van der Waals surface area contributed by atoms with Gasteiger partial charge in [-0.3, -0.25) is 0 Å². The maximum absolute atomic E-state index is 12.6. The number of aliphatic hydroxyl groups is 3. The molecule has 0 saturated carbocycles. The molecule has 96 valence electrons. The van der Waals surface area contributed by atoms with Gasteiger partial charge in [-0.1, -0.05) is 11.6 Å². The van der Waals surface area contributed by atoms with E-state index in [-0.39, 0.29) is 5.02 Å². The van der Waals surface area contributed by atoms with Crippen molar-refractivity contribution in [2.45, 2.75) is 18.4 Å². The molecule has 0 aromatic heterocycles. The summed E-state index contributed by atoms with van der Waals surface area (Å²) in [5.74, 6) is 0. The van der Waals surface area contributed by atoms with Crippen LogP contribution in [0.15, 0.2) is 18.2 Å². The van der Waals surface area contributed by atoms with Crippen LogP contribution in [0, 0.1) is 0 Å². The minimum Gasteiger partial charge on any atom is -0.394 e. The Kier molecular flexibility index (Phi) is 4.37. The van der Waals surface area contributed by atoms with Crippen molar-refractivity contribution in [3.8, 4) is 0 Å². The summed E-state index contributed by atoms with van der Waals surface area (Å²) in [5, 5.41) is 27.2. The molecule has 3 N–H and O–H groups in total. The summed E-state index contributed by atoms with van der Waals surface area (Å²) in [4.78, 5) is 0. The second-order valence-corrected chi connectivity index (χ2v) is 3.86. The van der Waals surface area contributed by atoms with Crippen LogP contribution in [0.5, 0.6) is 0 Å². The summed E-state index contributed by atoms with van der Waals surface area (Å²) in [5.41, 5.74) is -1.66. The molecule has 0 fully saturated rings. The zero-order valence-corrected chi connectivity index (χ0v) is 9.20. The van der Waals surface area contributed by atoms with Crippen LogP contribution in [0.3, 0.4) is 0 Å². The third-order valence-electron chi connectivity index (χ3n) is 2.19. The van der Waals surface area contributed by atoms with Crippen molar-refractivity contribution in [3.63, 3.8) is 0 Å². The fourth-order valence-electron chi connectivity index (χ4n) is 1.34. The van der Waals surface area contributed by atoms with Gasteiger partial charge in [-0.2, -0.15) is 13.2 Å². The molecule has 1 aromatic carbocycles. The molecule has 0 bridgehead atoms. The number of hydrogen-bond acceptors (Lipinski definition) is 3. The molecule has 0 amide bonds. The van der Waals surface area contributed by atoms with Crippen LogP contribution in [-0.2, 0) is 6.18 Å². The smallest absolute Gasteiger partial charge is 0.394 e. The van der Waals surface area contributed by atoms with Crippen LogP contribution < -0.4 is 0 Å². The predicted octanol–water partition coefficient (Wildman–Crippen LogP) is 1.75. The van der Waals surface area contributed by atoms with Crippen LogP contribution in [0.1, 0.15) is 17.2 Å². The van der Waals surface area contributed by atoms with Gasteiger partial charge in [0.05, 0.1) is 12.2 Å². The van der Waals surface area contributed by atoms with Crippen LogP contribution in [-0.4, -0.2) is 28.0 Å². The number of aliphatic hydroxyl groups excluding tert-OH is 3. The highest BCUT2D eigenvalue weighted by Crippen LogP contribution is 2.36. The quantitative estimate of drug-likeness (QED) is 0.784. The summed E-state index contributed by atoms with van der Waals surface area (Å²) < 4.78 is 37.8. The Balaban J connectivity index is 3.25. The first kappa shape index (κ1) is 14.2. The van der Waals surface area contributed by atoms with Crippen LogP contribution in [0.4, 0.5) is 13.2 Å². The highest BCUT2D eigenvalue weighted by Gasteiger charge is 2.36. The van der Waals surface area contributed by atoms with Gasteiger partial charge in [0.15, 0.2) is 0 Å². The number of halogens is 4. The van der Waals surface area contributed by atoms with Gasteiger partial charge < -0.3 is 15.3 Å². The molecule has 2 atom stereocenters. The fraction of sp³-hybridized carbons (Fsp3) is 0.400. The Morgan fingerprint density at radius 3 is 2.29 bits per heavy atom. The monoisotopic (exact) mass is 270 g/mol. The largest absolute Gasteiger partial charge is 0.416 e. The van der Waals surface area contributed by atoms with Gasteiger partial charge in [0.2, 0.25) is 0 Å². The molecule has 0 radical (unpaired) electrons. The summed E-state index contributed by atoms with van der Waals surface area (Å²) in [6.07, 6.45) is -8.22. The third-order valence-corrected chi connectivity index (χ3v) is 2.42. The minimum absolute atomic E-state index is 0.00260. The van der Waals surface area contributed by atoms with E-state index in [1.54, 1.807) is 0 Å². The van der Waals surface area contributed by atoms with Crippen molar-refractivity contribution in [1.82, 2.24) is 0 Å². The molecule has 0 aliphatic rings. The number of rotatable bonds is 3. The zero-order chi connectivity index (χ0) is 13.2. The molecule has 17 heavy (non-hydrogen) atoms. The fourth-order valence-corrected chi connectivity index (χ4v) is 1.52. The molecule has 1 aromatic rings. The molecule has 7 heteroatoms. The van der Waals surface area contributed by atoms with E-state index in [9.17, 15) is 18.3 Å². The van der Waals surface area contributed by atoms with Crippen molar-refractivity contribution in [1.29, 1.82) is 0 Å². The number of benzene rings is 1. The Bertz CT molecular complexity index is 395. The lowest BCUT2D eigenvalue weighted by atomic mass is 9.98. The summed E-state index contributed by atoms with van der Waals surface area (Å²) >= 11 is 5.54. The average molecular weight is 271 g/mol. The molecular formula is C10H10ClF3O3. The molecule has 2 unspecified atom stereocenters. The molecule has 0 saturated heterocycles. The number of alkyl halides is 3. The standard InChI is InChI=1S/C10H10ClF3O3/c11-5-1-2-7(10(12,13)14)6(3-5)9(17)8(16)4-15/h1-3,8-9,15-17H,4H2. The van der Waals surface area contributed by atoms with Gasteiger partial charge in [0.25, 0.3) is 0 Å². The summed E-state index contributed by atoms with van der Waals surface area (Å²) in [6.45, 7) is -0.856. The van der Waals surface area contributed by atoms with Gasteiger partial charge in [0, 0.05) is 5.02 Å². The van der Waals surface area contributed by atoms with E-state index in [0.29, 0.717) is 6.07 Å². The maximum atomic E-state index is 12.6. The topological polar surface area (TPSA) is 60.7 Å². The van der Waals surface area contributed by atoms with Crippen molar-refractivity contribution in [2.75, 3.05) is 6.61 Å². The van der Waals surface area contributed by atoms with Crippen LogP contribution in [0.2, 0.25) is 5.02 Å². The van der Waals surface area contributed by atoms with Crippen LogP contribution in [0.25, 0.3) is 0 Å². The molecule has 0 aliphatic carbocycles. The van der Waals surface area contributed by atoms with Gasteiger partial charge in [0.1, 0.15) is 12.2 Å². The first-order valence-corrected chi connectivity index (χ1v) is 4.98. The van der Waals surface area contributed by atoms with Gasteiger partial charge in [-0.05, 0) is 23.8 Å². The van der Waals surface area contributed by atoms with E-state index in [1.165, 1.54) is 0 Å². The Labute approximate surface area is 100 Å².